The molecule has 0 aliphatic rings. The molecule has 4 aromatic rings. The normalized spacial score (nSPS) is 10.8. The number of carboxylic acids is 1. The van der Waals surface area contributed by atoms with Crippen molar-refractivity contribution in [3.8, 4) is 0 Å². The van der Waals surface area contributed by atoms with Crippen LogP contribution in [0.3, 0.4) is 0 Å². The van der Waals surface area contributed by atoms with Gasteiger partial charge in [0.05, 0.1) is 17.4 Å². The van der Waals surface area contributed by atoms with Crippen molar-refractivity contribution in [2.45, 2.75) is 13.5 Å². The van der Waals surface area contributed by atoms with Gasteiger partial charge in [-0.15, -0.1) is 11.3 Å². The van der Waals surface area contributed by atoms with Gasteiger partial charge < -0.3 is 10.4 Å². The second kappa shape index (κ2) is 8.97. The van der Waals surface area contributed by atoms with Gasteiger partial charge in [-0.2, -0.15) is 0 Å². The molecular formula is C23H16ClN3O5S. The topological polar surface area (TPSA) is 118 Å². The molecule has 1 amide bonds. The highest BCUT2D eigenvalue weighted by molar-refractivity contribution is 7.20. The number of carbonyl (C=O) groups is 3. The van der Waals surface area contributed by atoms with E-state index >= 15 is 0 Å². The first kappa shape index (κ1) is 22.4. The van der Waals surface area contributed by atoms with Crippen LogP contribution in [0.1, 0.15) is 31.2 Å². The van der Waals surface area contributed by atoms with Crippen LogP contribution in [-0.2, 0) is 11.3 Å². The number of nitrogens with zero attached hydrogens (tertiary/aromatic N) is 2. The zero-order valence-electron chi connectivity index (χ0n) is 17.2. The fourth-order valence-corrected chi connectivity index (χ4v) is 4.53. The molecule has 2 aromatic heterocycles. The summed E-state index contributed by atoms with van der Waals surface area (Å²) in [6.45, 7) is 1.16. The molecule has 0 saturated heterocycles. The summed E-state index contributed by atoms with van der Waals surface area (Å²) in [7, 11) is 0. The second-order valence-corrected chi connectivity index (χ2v) is 8.59. The molecule has 0 atom stereocenters. The first-order valence-corrected chi connectivity index (χ1v) is 10.9. The van der Waals surface area contributed by atoms with Gasteiger partial charge in [0.15, 0.2) is 5.78 Å². The predicted octanol–water partition coefficient (Wildman–Crippen LogP) is 3.99. The molecule has 0 radical (unpaired) electrons. The summed E-state index contributed by atoms with van der Waals surface area (Å²) in [5, 5.41) is 12.4. The number of amides is 1. The van der Waals surface area contributed by atoms with E-state index in [0.29, 0.717) is 21.0 Å². The Morgan fingerprint density at radius 1 is 1.15 bits per heavy atom. The molecule has 8 nitrogen and oxygen atoms in total. The third-order valence-electron chi connectivity index (χ3n) is 4.96. The van der Waals surface area contributed by atoms with Crippen LogP contribution in [0.15, 0.2) is 59.7 Å². The zero-order valence-corrected chi connectivity index (χ0v) is 18.7. The van der Waals surface area contributed by atoms with Gasteiger partial charge in [-0.3, -0.25) is 19.0 Å². The molecule has 0 saturated carbocycles. The van der Waals surface area contributed by atoms with E-state index in [-0.39, 0.29) is 33.8 Å². The number of carbonyl (C=O) groups excluding carboxylic acids is 2. The number of aromatic nitrogens is 2. The molecule has 33 heavy (non-hydrogen) atoms. The van der Waals surface area contributed by atoms with Crippen molar-refractivity contribution < 1.29 is 19.5 Å². The van der Waals surface area contributed by atoms with Crippen LogP contribution in [0.4, 0.5) is 5.69 Å². The van der Waals surface area contributed by atoms with Crippen LogP contribution in [0, 0.1) is 6.92 Å². The molecule has 0 unspecified atom stereocenters. The lowest BCUT2D eigenvalue weighted by molar-refractivity contribution is -0.116. The van der Waals surface area contributed by atoms with E-state index in [4.69, 9.17) is 11.6 Å². The average molecular weight is 482 g/mol. The van der Waals surface area contributed by atoms with E-state index in [1.54, 1.807) is 36.4 Å². The number of fused-ring (bicyclic) bond motifs is 1. The predicted molar refractivity (Wildman–Crippen MR) is 126 cm³/mol. The largest absolute Gasteiger partial charge is 0.477 e. The maximum absolute atomic E-state index is 12.9. The quantitative estimate of drug-likeness (QED) is 0.402. The van der Waals surface area contributed by atoms with E-state index in [2.05, 4.69) is 10.3 Å². The summed E-state index contributed by atoms with van der Waals surface area (Å²) in [6, 6.07) is 13.1. The van der Waals surface area contributed by atoms with Crippen molar-refractivity contribution >= 4 is 56.5 Å². The third kappa shape index (κ3) is 4.41. The number of anilines is 1. The lowest BCUT2D eigenvalue weighted by Gasteiger charge is -2.12. The maximum atomic E-state index is 12.9. The van der Waals surface area contributed by atoms with Crippen molar-refractivity contribution in [2.75, 3.05) is 5.32 Å². The number of ketones is 1. The molecule has 2 heterocycles. The van der Waals surface area contributed by atoms with Crippen LogP contribution in [-0.4, -0.2) is 32.3 Å². The van der Waals surface area contributed by atoms with Gasteiger partial charge in [0, 0.05) is 16.1 Å². The number of halogens is 1. The molecule has 2 N–H and O–H groups in total. The monoisotopic (exact) mass is 481 g/mol. The lowest BCUT2D eigenvalue weighted by atomic mass is 10.0. The Morgan fingerprint density at radius 3 is 2.58 bits per heavy atom. The van der Waals surface area contributed by atoms with Gasteiger partial charge in [0.1, 0.15) is 16.3 Å². The Morgan fingerprint density at radius 2 is 1.88 bits per heavy atom. The summed E-state index contributed by atoms with van der Waals surface area (Å²) in [5.74, 6) is -2.02. The van der Waals surface area contributed by atoms with Gasteiger partial charge in [-0.1, -0.05) is 41.9 Å². The molecule has 4 rings (SSSR count). The van der Waals surface area contributed by atoms with Crippen molar-refractivity contribution in [1.29, 1.82) is 0 Å². The van der Waals surface area contributed by atoms with Gasteiger partial charge in [-0.05, 0) is 30.7 Å². The molecule has 0 aliphatic heterocycles. The van der Waals surface area contributed by atoms with E-state index in [9.17, 15) is 24.3 Å². The molecule has 10 heteroatoms. The first-order chi connectivity index (χ1) is 15.8. The van der Waals surface area contributed by atoms with Crippen LogP contribution >= 0.6 is 22.9 Å². The fraction of sp³-hybridized carbons (Fsp3) is 0.0870. The van der Waals surface area contributed by atoms with E-state index in [1.165, 1.54) is 25.4 Å². The minimum Gasteiger partial charge on any atom is -0.477 e. The Bertz CT molecular complexity index is 1480. The molecule has 0 spiro atoms. The van der Waals surface area contributed by atoms with E-state index in [1.807, 2.05) is 0 Å². The van der Waals surface area contributed by atoms with Crippen molar-refractivity contribution in [1.82, 2.24) is 9.55 Å². The summed E-state index contributed by atoms with van der Waals surface area (Å²) in [4.78, 5) is 54.3. The Balaban J connectivity index is 1.63. The lowest BCUT2D eigenvalue weighted by Crippen LogP contribution is -2.28. The Labute approximate surface area is 196 Å². The number of aryl methyl sites for hydroxylation is 1. The summed E-state index contributed by atoms with van der Waals surface area (Å²) in [6.07, 6.45) is 1.20. The van der Waals surface area contributed by atoms with Crippen molar-refractivity contribution in [3.05, 3.63) is 91.8 Å². The number of nitrogens with one attached hydrogen (secondary N) is 1. The summed E-state index contributed by atoms with van der Waals surface area (Å²) in [5.41, 5.74) is 0.683. The first-order valence-electron chi connectivity index (χ1n) is 9.67. The summed E-state index contributed by atoms with van der Waals surface area (Å²) < 4.78 is 1.09. The molecule has 0 aliphatic carbocycles. The fourth-order valence-electron chi connectivity index (χ4n) is 3.38. The van der Waals surface area contributed by atoms with Crippen LogP contribution in [0.2, 0.25) is 5.02 Å². The van der Waals surface area contributed by atoms with E-state index < -0.39 is 17.4 Å². The second-order valence-electron chi connectivity index (χ2n) is 7.15. The highest BCUT2D eigenvalue weighted by atomic mass is 35.5. The van der Waals surface area contributed by atoms with Gasteiger partial charge in [0.2, 0.25) is 5.91 Å². The van der Waals surface area contributed by atoms with Crippen molar-refractivity contribution in [2.24, 2.45) is 0 Å². The highest BCUT2D eigenvalue weighted by Gasteiger charge is 2.20. The molecule has 0 bridgehead atoms. The van der Waals surface area contributed by atoms with Crippen LogP contribution in [0.5, 0.6) is 0 Å². The Hall–Kier alpha value is -3.82. The third-order valence-corrected chi connectivity index (χ3v) is 6.38. The van der Waals surface area contributed by atoms with Gasteiger partial charge in [-0.25, -0.2) is 9.78 Å². The minimum atomic E-state index is -1.14. The number of thiophene rings is 1. The standard InChI is InChI=1S/C23H16ClN3O5S/c1-12-18-21(33-20(12)23(31)32)25-11-27(22(18)30)10-17(28)26-16-8-7-14(24)9-15(16)19(29)13-5-3-2-4-6-13/h2-9,11H,10H2,1H3,(H,26,28)(H,31,32). The van der Waals surface area contributed by atoms with E-state index in [0.717, 1.165) is 15.9 Å². The maximum Gasteiger partial charge on any atom is 0.346 e. The van der Waals surface area contributed by atoms with Gasteiger partial charge in [0.25, 0.3) is 5.56 Å². The molecule has 2 aromatic carbocycles. The number of hydrogen-bond donors (Lipinski definition) is 2. The molecule has 0 fully saturated rings. The molecule has 166 valence electrons. The SMILES string of the molecule is Cc1c(C(=O)O)sc2ncn(CC(=O)Nc3ccc(Cl)cc3C(=O)c3ccccc3)c(=O)c12. The van der Waals surface area contributed by atoms with Crippen LogP contribution in [0.25, 0.3) is 10.2 Å². The average Bonchev–Trinajstić information content (AvgIpc) is 3.14. The highest BCUT2D eigenvalue weighted by Crippen LogP contribution is 2.27. The summed E-state index contributed by atoms with van der Waals surface area (Å²) >= 11 is 6.98. The van der Waals surface area contributed by atoms with Crippen LogP contribution < -0.4 is 10.9 Å². The minimum absolute atomic E-state index is 0.0297. The number of aromatic carboxylic acids is 1. The number of hydrogen-bond acceptors (Lipinski definition) is 6. The van der Waals surface area contributed by atoms with Crippen molar-refractivity contribution in [3.63, 3.8) is 0 Å². The van der Waals surface area contributed by atoms with Gasteiger partial charge >= 0.3 is 5.97 Å². The molecular weight excluding hydrogens is 466 g/mol. The number of rotatable bonds is 6. The Kier molecular flexibility index (Phi) is 6.08. The number of benzene rings is 2. The number of carboxylic acid groups (broad SMARTS) is 1. The smallest absolute Gasteiger partial charge is 0.346 e. The zero-order chi connectivity index (χ0) is 23.7.